The fraction of sp³-hybridized carbons (Fsp3) is 0.429. The van der Waals surface area contributed by atoms with E-state index in [9.17, 15) is 4.79 Å². The molecule has 0 saturated heterocycles. The number of carbonyl (C=O) groups excluding carboxylic acids is 1. The van der Waals surface area contributed by atoms with E-state index in [1.807, 2.05) is 13.0 Å². The molecule has 1 aromatic carbocycles. The third kappa shape index (κ3) is 4.69. The smallest absolute Gasteiger partial charge is 0.129 e. The van der Waals surface area contributed by atoms with Crippen LogP contribution in [0.2, 0.25) is 0 Å². The van der Waals surface area contributed by atoms with Crippen LogP contribution in [-0.4, -0.2) is 12.4 Å². The number of nitriles is 1. The van der Waals surface area contributed by atoms with E-state index in [1.165, 1.54) is 0 Å². The first kappa shape index (κ1) is 13.2. The van der Waals surface area contributed by atoms with Gasteiger partial charge >= 0.3 is 0 Å². The Bertz CT molecular complexity index is 432. The SMILES string of the molecule is CC(=O)CCCCOc1cc(C#N)ccc1C. The first-order chi connectivity index (χ1) is 8.13. The van der Waals surface area contributed by atoms with Crippen LogP contribution < -0.4 is 4.74 Å². The Hall–Kier alpha value is -1.82. The van der Waals surface area contributed by atoms with E-state index < -0.39 is 0 Å². The second-order valence-electron chi connectivity index (χ2n) is 4.10. The summed E-state index contributed by atoms with van der Waals surface area (Å²) >= 11 is 0. The van der Waals surface area contributed by atoms with Crippen LogP contribution in [0.15, 0.2) is 18.2 Å². The van der Waals surface area contributed by atoms with Crippen LogP contribution in [0.1, 0.15) is 37.3 Å². The highest BCUT2D eigenvalue weighted by atomic mass is 16.5. The molecule has 0 radical (unpaired) electrons. The van der Waals surface area contributed by atoms with Crippen molar-refractivity contribution in [3.8, 4) is 11.8 Å². The number of Topliss-reactive ketones (excluding diaryl/α,β-unsaturated/α-hetero) is 1. The highest BCUT2D eigenvalue weighted by Crippen LogP contribution is 2.19. The highest BCUT2D eigenvalue weighted by Gasteiger charge is 2.01. The molecular weight excluding hydrogens is 214 g/mol. The van der Waals surface area contributed by atoms with Crippen LogP contribution in [-0.2, 0) is 4.79 Å². The summed E-state index contributed by atoms with van der Waals surface area (Å²) in [5.41, 5.74) is 1.63. The lowest BCUT2D eigenvalue weighted by Gasteiger charge is -2.08. The molecular formula is C14H17NO2. The monoisotopic (exact) mass is 231 g/mol. The van der Waals surface area contributed by atoms with E-state index in [-0.39, 0.29) is 5.78 Å². The van der Waals surface area contributed by atoms with Crippen molar-refractivity contribution in [2.75, 3.05) is 6.61 Å². The third-order valence-corrected chi connectivity index (χ3v) is 2.50. The van der Waals surface area contributed by atoms with Gasteiger partial charge in [-0.2, -0.15) is 5.26 Å². The van der Waals surface area contributed by atoms with Gasteiger partial charge in [-0.3, -0.25) is 0 Å². The van der Waals surface area contributed by atoms with Crippen molar-refractivity contribution in [2.24, 2.45) is 0 Å². The van der Waals surface area contributed by atoms with Crippen LogP contribution in [0.3, 0.4) is 0 Å². The molecule has 0 heterocycles. The zero-order valence-electron chi connectivity index (χ0n) is 10.3. The van der Waals surface area contributed by atoms with Gasteiger partial charge in [0.1, 0.15) is 11.5 Å². The lowest BCUT2D eigenvalue weighted by atomic mass is 10.1. The molecule has 0 aliphatic rings. The minimum absolute atomic E-state index is 0.215. The van der Waals surface area contributed by atoms with Crippen molar-refractivity contribution in [3.05, 3.63) is 29.3 Å². The molecule has 0 atom stereocenters. The van der Waals surface area contributed by atoms with Gasteiger partial charge < -0.3 is 9.53 Å². The summed E-state index contributed by atoms with van der Waals surface area (Å²) in [4.78, 5) is 10.7. The zero-order chi connectivity index (χ0) is 12.7. The number of benzene rings is 1. The quantitative estimate of drug-likeness (QED) is 0.707. The molecule has 90 valence electrons. The number of aryl methyl sites for hydroxylation is 1. The maximum atomic E-state index is 10.7. The number of carbonyl (C=O) groups is 1. The van der Waals surface area contributed by atoms with Crippen molar-refractivity contribution >= 4 is 5.78 Å². The van der Waals surface area contributed by atoms with E-state index in [0.29, 0.717) is 18.6 Å². The molecule has 17 heavy (non-hydrogen) atoms. The molecule has 3 nitrogen and oxygen atoms in total. The van der Waals surface area contributed by atoms with Gasteiger partial charge in [0.2, 0.25) is 0 Å². The van der Waals surface area contributed by atoms with Gasteiger partial charge in [-0.15, -0.1) is 0 Å². The van der Waals surface area contributed by atoms with E-state index in [0.717, 1.165) is 24.2 Å². The van der Waals surface area contributed by atoms with Gasteiger partial charge in [-0.1, -0.05) is 6.07 Å². The minimum Gasteiger partial charge on any atom is -0.493 e. The van der Waals surface area contributed by atoms with E-state index in [1.54, 1.807) is 19.1 Å². The predicted octanol–water partition coefficient (Wildman–Crippen LogP) is 3.00. The Balaban J connectivity index is 2.41. The summed E-state index contributed by atoms with van der Waals surface area (Å²) in [6.45, 7) is 4.14. The van der Waals surface area contributed by atoms with Crippen molar-refractivity contribution in [3.63, 3.8) is 0 Å². The standard InChI is InChI=1S/C14H17NO2/c1-11-6-7-13(10-15)9-14(11)17-8-4-3-5-12(2)16/h6-7,9H,3-5,8H2,1-2H3. The number of unbranched alkanes of at least 4 members (excludes halogenated alkanes) is 1. The fourth-order valence-corrected chi connectivity index (χ4v) is 1.48. The minimum atomic E-state index is 0.215. The molecule has 0 N–H and O–H groups in total. The van der Waals surface area contributed by atoms with Gasteiger partial charge in [0, 0.05) is 6.42 Å². The van der Waals surface area contributed by atoms with Gasteiger partial charge in [-0.05, 0) is 44.4 Å². The van der Waals surface area contributed by atoms with Gasteiger partial charge in [0.15, 0.2) is 0 Å². The summed E-state index contributed by atoms with van der Waals surface area (Å²) in [6, 6.07) is 7.49. The number of nitrogens with zero attached hydrogens (tertiary/aromatic N) is 1. The van der Waals surface area contributed by atoms with Crippen molar-refractivity contribution in [1.82, 2.24) is 0 Å². The predicted molar refractivity (Wildman–Crippen MR) is 65.9 cm³/mol. The number of rotatable bonds is 6. The highest BCUT2D eigenvalue weighted by molar-refractivity contribution is 5.75. The molecule has 0 aliphatic heterocycles. The average Bonchev–Trinajstić information content (AvgIpc) is 2.30. The van der Waals surface area contributed by atoms with Crippen molar-refractivity contribution in [1.29, 1.82) is 5.26 Å². The Morgan fingerprint density at radius 3 is 2.82 bits per heavy atom. The summed E-state index contributed by atoms with van der Waals surface area (Å²) < 4.78 is 5.60. The van der Waals surface area contributed by atoms with Gasteiger partial charge in [0.05, 0.1) is 18.2 Å². The Kier molecular flexibility index (Phi) is 5.22. The summed E-state index contributed by atoms with van der Waals surface area (Å²) in [5.74, 6) is 0.972. The molecule has 0 spiro atoms. The molecule has 0 saturated carbocycles. The first-order valence-electron chi connectivity index (χ1n) is 5.76. The molecule has 0 aliphatic carbocycles. The van der Waals surface area contributed by atoms with Gasteiger partial charge in [-0.25, -0.2) is 0 Å². The maximum absolute atomic E-state index is 10.7. The summed E-state index contributed by atoms with van der Waals surface area (Å²) in [6.07, 6.45) is 2.32. The molecule has 1 aromatic rings. The molecule has 3 heteroatoms. The fourth-order valence-electron chi connectivity index (χ4n) is 1.48. The Morgan fingerprint density at radius 1 is 1.41 bits per heavy atom. The molecule has 0 aromatic heterocycles. The second-order valence-corrected chi connectivity index (χ2v) is 4.10. The van der Waals surface area contributed by atoms with Crippen LogP contribution >= 0.6 is 0 Å². The lowest BCUT2D eigenvalue weighted by Crippen LogP contribution is -2.00. The summed E-state index contributed by atoms with van der Waals surface area (Å²) in [7, 11) is 0. The first-order valence-corrected chi connectivity index (χ1v) is 5.76. The van der Waals surface area contributed by atoms with Gasteiger partial charge in [0.25, 0.3) is 0 Å². The van der Waals surface area contributed by atoms with E-state index >= 15 is 0 Å². The van der Waals surface area contributed by atoms with E-state index in [2.05, 4.69) is 6.07 Å². The normalized spacial score (nSPS) is 9.71. The van der Waals surface area contributed by atoms with Crippen molar-refractivity contribution in [2.45, 2.75) is 33.1 Å². The largest absolute Gasteiger partial charge is 0.493 e. The summed E-state index contributed by atoms with van der Waals surface area (Å²) in [5, 5.41) is 8.78. The lowest BCUT2D eigenvalue weighted by molar-refractivity contribution is -0.117. The molecule has 1 rings (SSSR count). The molecule has 0 amide bonds. The Labute approximate surface area is 102 Å². The topological polar surface area (TPSA) is 50.1 Å². The number of hydrogen-bond acceptors (Lipinski definition) is 3. The molecule has 0 fully saturated rings. The maximum Gasteiger partial charge on any atom is 0.129 e. The second kappa shape index (κ2) is 6.70. The van der Waals surface area contributed by atoms with E-state index in [4.69, 9.17) is 10.00 Å². The third-order valence-electron chi connectivity index (χ3n) is 2.50. The van der Waals surface area contributed by atoms with Crippen LogP contribution in [0.25, 0.3) is 0 Å². The Morgan fingerprint density at radius 2 is 2.18 bits per heavy atom. The van der Waals surface area contributed by atoms with Crippen LogP contribution in [0.4, 0.5) is 0 Å². The number of ether oxygens (including phenoxy) is 1. The average molecular weight is 231 g/mol. The van der Waals surface area contributed by atoms with Crippen LogP contribution in [0, 0.1) is 18.3 Å². The number of hydrogen-bond donors (Lipinski definition) is 0. The number of ketones is 1. The molecule has 0 unspecified atom stereocenters. The van der Waals surface area contributed by atoms with Crippen LogP contribution in [0.5, 0.6) is 5.75 Å². The van der Waals surface area contributed by atoms with Crippen molar-refractivity contribution < 1.29 is 9.53 Å². The zero-order valence-corrected chi connectivity index (χ0v) is 10.3. The molecule has 0 bridgehead atoms.